The summed E-state index contributed by atoms with van der Waals surface area (Å²) in [5.74, 6) is 3.45. The Balaban J connectivity index is 1.13. The highest BCUT2D eigenvalue weighted by Gasteiger charge is 2.37. The number of hydrogen-bond acceptors (Lipinski definition) is 0. The van der Waals surface area contributed by atoms with E-state index in [1.54, 1.807) is 6.07 Å². The molecule has 4 rings (SSSR count). The van der Waals surface area contributed by atoms with Crippen molar-refractivity contribution in [2.75, 3.05) is 0 Å². The predicted molar refractivity (Wildman–Crippen MR) is 135 cm³/mol. The number of unbranched alkanes of at least 4 members (excludes halogenated alkanes) is 4. The van der Waals surface area contributed by atoms with Crippen LogP contribution in [0.25, 0.3) is 0 Å². The number of fused-ring (bicyclic) bond motifs is 1. The van der Waals surface area contributed by atoms with Crippen molar-refractivity contribution in [3.8, 4) is 0 Å². The second-order valence-electron chi connectivity index (χ2n) is 12.0. The number of halogens is 2. The van der Waals surface area contributed by atoms with Crippen molar-refractivity contribution in [2.24, 2.45) is 29.6 Å². The van der Waals surface area contributed by atoms with Gasteiger partial charge in [0, 0.05) is 0 Å². The number of benzene rings is 1. The summed E-state index contributed by atoms with van der Waals surface area (Å²) < 4.78 is 28.0. The van der Waals surface area contributed by atoms with Crippen molar-refractivity contribution in [1.29, 1.82) is 0 Å². The minimum absolute atomic E-state index is 0.223. The van der Waals surface area contributed by atoms with E-state index in [4.69, 9.17) is 0 Å². The maximum Gasteiger partial charge on any atom is 0.162 e. The first-order valence-electron chi connectivity index (χ1n) is 14.6. The maximum atomic E-state index is 14.3. The highest BCUT2D eigenvalue weighted by molar-refractivity contribution is 5.23. The molecule has 0 bridgehead atoms. The molecule has 0 radical (unpaired) electrons. The SMILES string of the molecule is CCCCCCCC1CCC(CCC2CCC3CC(c4cccc(F)c4F)CCC3C2)CC1. The molecule has 1 aromatic rings. The Kier molecular flexibility index (Phi) is 9.68. The summed E-state index contributed by atoms with van der Waals surface area (Å²) in [6.07, 6.45) is 24.9. The van der Waals surface area contributed by atoms with Crippen LogP contribution in [0.2, 0.25) is 0 Å². The first kappa shape index (κ1) is 25.2. The van der Waals surface area contributed by atoms with Crippen LogP contribution in [0.4, 0.5) is 8.78 Å². The molecule has 186 valence electrons. The molecular weight excluding hydrogens is 410 g/mol. The second kappa shape index (κ2) is 12.7. The van der Waals surface area contributed by atoms with Crippen molar-refractivity contribution in [3.63, 3.8) is 0 Å². The molecular formula is C31H48F2. The van der Waals surface area contributed by atoms with Gasteiger partial charge in [-0.3, -0.25) is 0 Å². The Morgan fingerprint density at radius 2 is 1.30 bits per heavy atom. The fraction of sp³-hybridized carbons (Fsp3) is 0.806. The van der Waals surface area contributed by atoms with Crippen LogP contribution in [0, 0.1) is 41.2 Å². The molecule has 33 heavy (non-hydrogen) atoms. The van der Waals surface area contributed by atoms with E-state index in [1.807, 2.05) is 6.07 Å². The van der Waals surface area contributed by atoms with Gasteiger partial charge in [-0.25, -0.2) is 8.78 Å². The van der Waals surface area contributed by atoms with Crippen LogP contribution in [-0.4, -0.2) is 0 Å². The largest absolute Gasteiger partial charge is 0.204 e. The smallest absolute Gasteiger partial charge is 0.162 e. The van der Waals surface area contributed by atoms with E-state index in [2.05, 4.69) is 6.92 Å². The van der Waals surface area contributed by atoms with Gasteiger partial charge >= 0.3 is 0 Å². The number of hydrogen-bond donors (Lipinski definition) is 0. The average molecular weight is 459 g/mol. The van der Waals surface area contributed by atoms with Gasteiger partial charge in [-0.1, -0.05) is 103 Å². The van der Waals surface area contributed by atoms with Gasteiger partial charge in [-0.2, -0.15) is 0 Å². The molecule has 0 N–H and O–H groups in total. The predicted octanol–water partition coefficient (Wildman–Crippen LogP) is 10.2. The lowest BCUT2D eigenvalue weighted by atomic mass is 9.63. The highest BCUT2D eigenvalue weighted by atomic mass is 19.2. The normalized spacial score (nSPS) is 32.5. The van der Waals surface area contributed by atoms with E-state index in [0.29, 0.717) is 5.56 Å². The van der Waals surface area contributed by atoms with Crippen LogP contribution in [0.1, 0.15) is 134 Å². The van der Waals surface area contributed by atoms with Crippen LogP contribution in [0.3, 0.4) is 0 Å². The topological polar surface area (TPSA) is 0 Å². The molecule has 3 aliphatic carbocycles. The van der Waals surface area contributed by atoms with Gasteiger partial charge in [0.05, 0.1) is 0 Å². The van der Waals surface area contributed by atoms with Crippen molar-refractivity contribution in [1.82, 2.24) is 0 Å². The van der Waals surface area contributed by atoms with Crippen molar-refractivity contribution in [2.45, 2.75) is 128 Å². The van der Waals surface area contributed by atoms with Crippen LogP contribution in [0.5, 0.6) is 0 Å². The Labute approximate surface area is 202 Å². The molecule has 0 heterocycles. The van der Waals surface area contributed by atoms with Crippen LogP contribution >= 0.6 is 0 Å². The fourth-order valence-electron chi connectivity index (χ4n) is 7.68. The van der Waals surface area contributed by atoms with E-state index < -0.39 is 11.6 Å². The van der Waals surface area contributed by atoms with Gasteiger partial charge < -0.3 is 0 Å². The van der Waals surface area contributed by atoms with Crippen molar-refractivity contribution in [3.05, 3.63) is 35.4 Å². The lowest BCUT2D eigenvalue weighted by Crippen LogP contribution is -2.31. The van der Waals surface area contributed by atoms with Crippen molar-refractivity contribution < 1.29 is 8.78 Å². The molecule has 4 atom stereocenters. The molecule has 0 saturated heterocycles. The quantitative estimate of drug-likeness (QED) is 0.306. The van der Waals surface area contributed by atoms with Gasteiger partial charge in [0.25, 0.3) is 0 Å². The van der Waals surface area contributed by atoms with Gasteiger partial charge in [-0.15, -0.1) is 0 Å². The highest BCUT2D eigenvalue weighted by Crippen LogP contribution is 2.49. The standard InChI is InChI=1S/C31H48F2/c1-2-3-4-5-6-8-23-11-13-24(14-12-23)15-16-25-17-18-27-22-28(20-19-26(27)21-25)29-9-7-10-30(32)31(29)33/h7,9-10,23-28H,2-6,8,11-22H2,1H3. The molecule has 4 unspecified atom stereocenters. The zero-order valence-corrected chi connectivity index (χ0v) is 21.2. The molecule has 0 aromatic heterocycles. The first-order chi connectivity index (χ1) is 16.1. The Hall–Kier alpha value is -0.920. The summed E-state index contributed by atoms with van der Waals surface area (Å²) in [6, 6.07) is 4.74. The van der Waals surface area contributed by atoms with E-state index in [0.717, 1.165) is 42.4 Å². The Morgan fingerprint density at radius 1 is 0.667 bits per heavy atom. The molecule has 0 nitrogen and oxygen atoms in total. The molecule has 1 aromatic carbocycles. The third-order valence-electron chi connectivity index (χ3n) is 9.81. The summed E-state index contributed by atoms with van der Waals surface area (Å²) in [7, 11) is 0. The summed E-state index contributed by atoms with van der Waals surface area (Å²) >= 11 is 0. The molecule has 0 aliphatic heterocycles. The lowest BCUT2D eigenvalue weighted by Gasteiger charge is -2.43. The van der Waals surface area contributed by atoms with Gasteiger partial charge in [0.2, 0.25) is 0 Å². The van der Waals surface area contributed by atoms with E-state index in [9.17, 15) is 8.78 Å². The second-order valence-corrected chi connectivity index (χ2v) is 12.0. The first-order valence-corrected chi connectivity index (χ1v) is 14.6. The van der Waals surface area contributed by atoms with E-state index in [-0.39, 0.29) is 5.92 Å². The zero-order chi connectivity index (χ0) is 23.0. The molecule has 3 fully saturated rings. The van der Waals surface area contributed by atoms with Crippen LogP contribution in [-0.2, 0) is 0 Å². The molecule has 2 heteroatoms. The third-order valence-corrected chi connectivity index (χ3v) is 9.81. The summed E-state index contributed by atoms with van der Waals surface area (Å²) in [5, 5.41) is 0. The van der Waals surface area contributed by atoms with Gasteiger partial charge in [-0.05, 0) is 79.2 Å². The van der Waals surface area contributed by atoms with Gasteiger partial charge in [0.1, 0.15) is 0 Å². The zero-order valence-electron chi connectivity index (χ0n) is 21.2. The fourth-order valence-corrected chi connectivity index (χ4v) is 7.68. The van der Waals surface area contributed by atoms with E-state index in [1.165, 1.54) is 109 Å². The lowest BCUT2D eigenvalue weighted by molar-refractivity contribution is 0.108. The van der Waals surface area contributed by atoms with Gasteiger partial charge in [0.15, 0.2) is 11.6 Å². The minimum atomic E-state index is -0.681. The van der Waals surface area contributed by atoms with E-state index >= 15 is 0 Å². The Bertz CT molecular complexity index is 705. The summed E-state index contributed by atoms with van der Waals surface area (Å²) in [4.78, 5) is 0. The van der Waals surface area contributed by atoms with Crippen LogP contribution in [0.15, 0.2) is 18.2 Å². The molecule has 3 aliphatic rings. The minimum Gasteiger partial charge on any atom is -0.204 e. The third kappa shape index (κ3) is 7.04. The molecule has 3 saturated carbocycles. The maximum absolute atomic E-state index is 14.3. The number of rotatable bonds is 10. The van der Waals surface area contributed by atoms with Crippen LogP contribution < -0.4 is 0 Å². The summed E-state index contributed by atoms with van der Waals surface area (Å²) in [6.45, 7) is 2.30. The monoisotopic (exact) mass is 458 g/mol. The summed E-state index contributed by atoms with van der Waals surface area (Å²) in [5.41, 5.74) is 0.632. The van der Waals surface area contributed by atoms with Crippen molar-refractivity contribution >= 4 is 0 Å². The average Bonchev–Trinajstić information content (AvgIpc) is 2.84. The Morgan fingerprint density at radius 3 is 2.09 bits per heavy atom. The molecule has 0 amide bonds. The molecule has 0 spiro atoms.